The molecule has 176 valence electrons. The summed E-state index contributed by atoms with van der Waals surface area (Å²) in [5.41, 5.74) is 4.45. The number of alkyl halides is 2. The van der Waals surface area contributed by atoms with E-state index in [2.05, 4.69) is 15.2 Å². The van der Waals surface area contributed by atoms with Gasteiger partial charge in [-0.15, -0.1) is 0 Å². The molecule has 3 aromatic rings. The summed E-state index contributed by atoms with van der Waals surface area (Å²) >= 11 is 0. The number of rotatable bonds is 8. The second-order valence-electron chi connectivity index (χ2n) is 8.57. The van der Waals surface area contributed by atoms with Gasteiger partial charge < -0.3 is 20.1 Å². The lowest BCUT2D eigenvalue weighted by Gasteiger charge is -2.40. The summed E-state index contributed by atoms with van der Waals surface area (Å²) in [5, 5.41) is 13.3. The lowest BCUT2D eigenvalue weighted by Crippen LogP contribution is -2.45. The highest BCUT2D eigenvalue weighted by molar-refractivity contribution is 5.88. The number of nitrogens with one attached hydrogen (secondary N) is 2. The van der Waals surface area contributed by atoms with Gasteiger partial charge in [0.2, 0.25) is 0 Å². The zero-order chi connectivity index (χ0) is 23.5. The van der Waals surface area contributed by atoms with Crippen molar-refractivity contribution in [3.8, 4) is 5.75 Å². The molecule has 6 nitrogen and oxygen atoms in total. The van der Waals surface area contributed by atoms with Crippen LogP contribution in [0.25, 0.3) is 10.9 Å². The quantitative estimate of drug-likeness (QED) is 0.455. The van der Waals surface area contributed by atoms with Crippen LogP contribution in [0.3, 0.4) is 0 Å². The molecule has 3 N–H and O–H groups in total. The van der Waals surface area contributed by atoms with Crippen LogP contribution in [0.5, 0.6) is 5.75 Å². The van der Waals surface area contributed by atoms with Crippen LogP contribution in [0.15, 0.2) is 42.6 Å². The number of aromatic carboxylic acids is 1. The fourth-order valence-corrected chi connectivity index (χ4v) is 4.82. The first-order valence-corrected chi connectivity index (χ1v) is 11.1. The van der Waals surface area contributed by atoms with E-state index in [9.17, 15) is 18.7 Å². The number of methoxy groups -OCH3 is 1. The number of aromatic amines is 1. The van der Waals surface area contributed by atoms with Gasteiger partial charge in [0.05, 0.1) is 19.2 Å². The third-order valence-corrected chi connectivity index (χ3v) is 6.51. The van der Waals surface area contributed by atoms with Gasteiger partial charge in [0, 0.05) is 47.8 Å². The van der Waals surface area contributed by atoms with Crippen LogP contribution in [-0.4, -0.2) is 53.6 Å². The summed E-state index contributed by atoms with van der Waals surface area (Å²) in [6.07, 6.45) is 0.934. The number of aryl methyl sites for hydroxylation is 1. The van der Waals surface area contributed by atoms with Gasteiger partial charge in [0.1, 0.15) is 5.75 Å². The number of benzene rings is 2. The first-order chi connectivity index (χ1) is 15.9. The molecule has 0 bridgehead atoms. The Hall–Kier alpha value is -2.97. The fraction of sp³-hybridized carbons (Fsp3) is 0.400. The van der Waals surface area contributed by atoms with Crippen molar-refractivity contribution in [2.45, 2.75) is 44.8 Å². The number of ether oxygens (including phenoxy) is 1. The van der Waals surface area contributed by atoms with Crippen LogP contribution in [0, 0.1) is 6.92 Å². The normalized spacial score (nSPS) is 19.3. The zero-order valence-electron chi connectivity index (χ0n) is 18.8. The van der Waals surface area contributed by atoms with Gasteiger partial charge in [0.15, 0.2) is 0 Å². The van der Waals surface area contributed by atoms with E-state index in [0.717, 1.165) is 46.3 Å². The van der Waals surface area contributed by atoms with Gasteiger partial charge in [0.25, 0.3) is 6.43 Å². The van der Waals surface area contributed by atoms with E-state index < -0.39 is 12.4 Å². The summed E-state index contributed by atoms with van der Waals surface area (Å²) in [6, 6.07) is 10.9. The molecule has 33 heavy (non-hydrogen) atoms. The number of aromatic nitrogens is 1. The van der Waals surface area contributed by atoms with Crippen LogP contribution < -0.4 is 10.1 Å². The third-order valence-electron chi connectivity index (χ3n) is 6.51. The van der Waals surface area contributed by atoms with Gasteiger partial charge in [-0.1, -0.05) is 12.1 Å². The maximum absolute atomic E-state index is 12.8. The number of carbonyl (C=O) groups is 1. The average molecular weight is 458 g/mol. The van der Waals surface area contributed by atoms with E-state index in [1.165, 1.54) is 0 Å². The Morgan fingerprint density at radius 1 is 1.30 bits per heavy atom. The average Bonchev–Trinajstić information content (AvgIpc) is 3.30. The Labute approximate surface area is 191 Å². The van der Waals surface area contributed by atoms with Crippen molar-refractivity contribution >= 4 is 16.9 Å². The molecule has 0 aliphatic carbocycles. The summed E-state index contributed by atoms with van der Waals surface area (Å²) in [5.74, 6) is -0.157. The van der Waals surface area contributed by atoms with Gasteiger partial charge >= 0.3 is 5.97 Å². The number of carboxylic acid groups (broad SMARTS) is 1. The van der Waals surface area contributed by atoms with E-state index >= 15 is 0 Å². The van der Waals surface area contributed by atoms with Crippen molar-refractivity contribution in [2.24, 2.45) is 0 Å². The Balaban J connectivity index is 1.66. The van der Waals surface area contributed by atoms with Crippen LogP contribution in [0.4, 0.5) is 8.78 Å². The molecule has 2 heterocycles. The van der Waals surface area contributed by atoms with Crippen LogP contribution in [0.2, 0.25) is 0 Å². The van der Waals surface area contributed by atoms with Crippen LogP contribution in [0.1, 0.15) is 45.9 Å². The molecule has 8 heteroatoms. The third kappa shape index (κ3) is 5.02. The number of likely N-dealkylation sites (tertiary alicyclic amines) is 1. The number of nitrogens with zero attached hydrogens (tertiary/aromatic N) is 1. The molecule has 1 aliphatic rings. The van der Waals surface area contributed by atoms with Crippen molar-refractivity contribution in [3.05, 3.63) is 64.8 Å². The lowest BCUT2D eigenvalue weighted by atomic mass is 9.90. The Morgan fingerprint density at radius 2 is 2.06 bits per heavy atom. The topological polar surface area (TPSA) is 77.6 Å². The molecule has 0 spiro atoms. The second-order valence-corrected chi connectivity index (χ2v) is 8.57. The standard InChI is InChI=1S/C25H29F2N3O3/c1-15-11-22(33-2)20(19-7-9-28-24(15)19)14-30-10-8-18(29-13-23(26)27)12-21(30)16-3-5-17(6-4-16)25(31)32/h3-7,9,11,18,21,23,28-29H,8,10,12-14H2,1-2H3,(H,31,32)/t18-,21-/m0/s1. The molecule has 0 unspecified atom stereocenters. The van der Waals surface area contributed by atoms with Crippen molar-refractivity contribution in [2.75, 3.05) is 20.2 Å². The number of hydrogen-bond donors (Lipinski definition) is 3. The number of fused-ring (bicyclic) bond motifs is 1. The van der Waals surface area contributed by atoms with Gasteiger partial charge in [-0.2, -0.15) is 0 Å². The van der Waals surface area contributed by atoms with Crippen molar-refractivity contribution in [1.29, 1.82) is 0 Å². The molecule has 2 atom stereocenters. The predicted octanol–water partition coefficient (Wildman–Crippen LogP) is 4.74. The molecule has 0 radical (unpaired) electrons. The number of piperidine rings is 1. The highest BCUT2D eigenvalue weighted by atomic mass is 19.3. The SMILES string of the molecule is COc1cc(C)c2[nH]ccc2c1CN1CC[C@H](NCC(F)F)C[C@H]1c1ccc(C(=O)O)cc1. The molecule has 0 amide bonds. The van der Waals surface area contributed by atoms with Crippen LogP contribution in [-0.2, 0) is 6.54 Å². The maximum atomic E-state index is 12.8. The van der Waals surface area contributed by atoms with Crippen molar-refractivity contribution in [3.63, 3.8) is 0 Å². The molecule has 1 saturated heterocycles. The maximum Gasteiger partial charge on any atom is 0.335 e. The van der Waals surface area contributed by atoms with Crippen LogP contribution >= 0.6 is 0 Å². The lowest BCUT2D eigenvalue weighted by molar-refractivity contribution is 0.0696. The second kappa shape index (κ2) is 9.89. The minimum absolute atomic E-state index is 0.0356. The molecular formula is C25H29F2N3O3. The highest BCUT2D eigenvalue weighted by Crippen LogP contribution is 2.37. The Kier molecular flexibility index (Phi) is 6.95. The molecule has 1 aromatic heterocycles. The van der Waals surface area contributed by atoms with Crippen molar-refractivity contribution < 1.29 is 23.4 Å². The fourth-order valence-electron chi connectivity index (χ4n) is 4.82. The number of halogens is 2. The molecule has 1 fully saturated rings. The largest absolute Gasteiger partial charge is 0.496 e. The number of carboxylic acids is 1. The molecular weight excluding hydrogens is 428 g/mol. The van der Waals surface area contributed by atoms with Gasteiger partial charge in [-0.3, -0.25) is 4.90 Å². The summed E-state index contributed by atoms with van der Waals surface area (Å²) < 4.78 is 31.3. The predicted molar refractivity (Wildman–Crippen MR) is 123 cm³/mol. The first kappa shape index (κ1) is 23.2. The minimum atomic E-state index is -2.39. The first-order valence-electron chi connectivity index (χ1n) is 11.1. The van der Waals surface area contributed by atoms with E-state index in [1.807, 2.05) is 37.4 Å². The number of H-pyrrole nitrogens is 1. The number of hydrogen-bond acceptors (Lipinski definition) is 4. The minimum Gasteiger partial charge on any atom is -0.496 e. The van der Waals surface area contributed by atoms with Gasteiger partial charge in [-0.05, 0) is 55.2 Å². The van der Waals surface area contributed by atoms with Gasteiger partial charge in [-0.25, -0.2) is 13.6 Å². The molecule has 4 rings (SSSR count). The van der Waals surface area contributed by atoms with Crippen molar-refractivity contribution in [1.82, 2.24) is 15.2 Å². The molecule has 1 aliphatic heterocycles. The monoisotopic (exact) mass is 457 g/mol. The summed E-state index contributed by atoms with van der Waals surface area (Å²) in [4.78, 5) is 16.9. The summed E-state index contributed by atoms with van der Waals surface area (Å²) in [7, 11) is 1.67. The summed E-state index contributed by atoms with van der Waals surface area (Å²) in [6.45, 7) is 3.06. The Bertz CT molecular complexity index is 1110. The smallest absolute Gasteiger partial charge is 0.335 e. The van der Waals surface area contributed by atoms with E-state index in [1.54, 1.807) is 19.2 Å². The van der Waals surface area contributed by atoms with E-state index in [4.69, 9.17) is 4.74 Å². The molecule has 2 aromatic carbocycles. The molecule has 0 saturated carbocycles. The Morgan fingerprint density at radius 3 is 2.73 bits per heavy atom. The zero-order valence-corrected chi connectivity index (χ0v) is 18.8. The highest BCUT2D eigenvalue weighted by Gasteiger charge is 2.31. The van der Waals surface area contributed by atoms with E-state index in [0.29, 0.717) is 13.0 Å². The van der Waals surface area contributed by atoms with E-state index in [-0.39, 0.29) is 24.2 Å².